The number of benzene rings is 2. The quantitative estimate of drug-likeness (QED) is 0.538. The van der Waals surface area contributed by atoms with E-state index in [0.717, 1.165) is 50.2 Å². The Bertz CT molecular complexity index is 725. The molecule has 2 aromatic carbocycles. The van der Waals surface area contributed by atoms with Crippen molar-refractivity contribution >= 4 is 15.9 Å². The van der Waals surface area contributed by atoms with Gasteiger partial charge in [-0.2, -0.15) is 0 Å². The topological polar surface area (TPSA) is 38.7 Å². The van der Waals surface area contributed by atoms with Crippen LogP contribution >= 0.6 is 15.9 Å². The second-order valence-corrected chi connectivity index (χ2v) is 9.01. The van der Waals surface area contributed by atoms with Crippen LogP contribution in [0.3, 0.4) is 0 Å². The molecule has 4 heteroatoms. The Labute approximate surface area is 189 Å². The number of aliphatic hydroxyl groups excluding tert-OH is 1. The van der Waals surface area contributed by atoms with Crippen molar-refractivity contribution in [3.8, 4) is 0 Å². The molecule has 0 spiro atoms. The zero-order valence-electron chi connectivity index (χ0n) is 18.3. The highest BCUT2D eigenvalue weighted by Crippen LogP contribution is 2.30. The molecule has 2 saturated heterocycles. The molecule has 0 radical (unpaired) electrons. The van der Waals surface area contributed by atoms with Gasteiger partial charge in [0.05, 0.1) is 6.61 Å². The van der Waals surface area contributed by atoms with Crippen molar-refractivity contribution in [2.75, 3.05) is 26.4 Å². The van der Waals surface area contributed by atoms with Crippen molar-refractivity contribution in [1.82, 2.24) is 0 Å². The molecular weight excluding hydrogens is 440 g/mol. The lowest BCUT2D eigenvalue weighted by molar-refractivity contribution is 0.0851. The highest BCUT2D eigenvalue weighted by atomic mass is 79.9. The van der Waals surface area contributed by atoms with Gasteiger partial charge in [0, 0.05) is 31.8 Å². The van der Waals surface area contributed by atoms with Crippen molar-refractivity contribution in [3.05, 3.63) is 69.8 Å². The second-order valence-electron chi connectivity index (χ2n) is 8.45. The first-order valence-corrected chi connectivity index (χ1v) is 12.3. The lowest BCUT2D eigenvalue weighted by Crippen LogP contribution is -2.15. The highest BCUT2D eigenvalue weighted by molar-refractivity contribution is 9.08. The van der Waals surface area contributed by atoms with Crippen LogP contribution in [-0.2, 0) is 21.4 Å². The van der Waals surface area contributed by atoms with Gasteiger partial charge in [-0.3, -0.25) is 0 Å². The summed E-state index contributed by atoms with van der Waals surface area (Å²) in [4.78, 5) is 0. The lowest BCUT2D eigenvalue weighted by atomic mass is 9.88. The standard InChI is InChI=1S/C13H17BrO.C13H18O2/c2*1-10-8-11(9-14)2-3-13(10)12-4-6-15-7-5-12/h2-3,8,12H,4-7,9H2,1H3;2-3,8,12,14H,4-7,9H2,1H3. The molecule has 2 aliphatic rings. The molecule has 0 amide bonds. The van der Waals surface area contributed by atoms with E-state index in [1.807, 2.05) is 6.07 Å². The Morgan fingerprint density at radius 3 is 1.60 bits per heavy atom. The van der Waals surface area contributed by atoms with Gasteiger partial charge < -0.3 is 14.6 Å². The van der Waals surface area contributed by atoms with Crippen molar-refractivity contribution in [3.63, 3.8) is 0 Å². The molecule has 0 unspecified atom stereocenters. The SMILES string of the molecule is Cc1cc(CBr)ccc1C1CCOCC1.Cc1cc(CO)ccc1C1CCOCC1. The van der Waals surface area contributed by atoms with Gasteiger partial charge in [0.25, 0.3) is 0 Å². The smallest absolute Gasteiger partial charge is 0.0681 e. The van der Waals surface area contributed by atoms with E-state index in [1.54, 1.807) is 0 Å². The molecule has 2 aliphatic heterocycles. The van der Waals surface area contributed by atoms with Crippen molar-refractivity contribution in [1.29, 1.82) is 0 Å². The third kappa shape index (κ3) is 6.40. The van der Waals surface area contributed by atoms with Gasteiger partial charge in [0.1, 0.15) is 0 Å². The third-order valence-electron chi connectivity index (χ3n) is 6.33. The molecule has 1 N–H and O–H groups in total. The zero-order chi connectivity index (χ0) is 21.3. The van der Waals surface area contributed by atoms with E-state index in [1.165, 1.54) is 40.7 Å². The number of rotatable bonds is 4. The van der Waals surface area contributed by atoms with Gasteiger partial charge in [-0.15, -0.1) is 0 Å². The summed E-state index contributed by atoms with van der Waals surface area (Å²) in [6.45, 7) is 8.09. The number of hydrogen-bond donors (Lipinski definition) is 1. The predicted molar refractivity (Wildman–Crippen MR) is 126 cm³/mol. The average molecular weight is 475 g/mol. The summed E-state index contributed by atoms with van der Waals surface area (Å²) in [5.41, 5.74) is 8.04. The van der Waals surface area contributed by atoms with Crippen LogP contribution in [-0.4, -0.2) is 31.5 Å². The molecule has 0 bridgehead atoms. The summed E-state index contributed by atoms with van der Waals surface area (Å²) in [5, 5.41) is 9.99. The first kappa shape index (κ1) is 23.5. The summed E-state index contributed by atoms with van der Waals surface area (Å²) >= 11 is 3.49. The Hall–Kier alpha value is -1.20. The van der Waals surface area contributed by atoms with Crippen LogP contribution in [0.25, 0.3) is 0 Å². The van der Waals surface area contributed by atoms with Gasteiger partial charge in [-0.25, -0.2) is 0 Å². The van der Waals surface area contributed by atoms with Crippen LogP contribution in [0.5, 0.6) is 0 Å². The number of halogens is 1. The molecule has 0 aliphatic carbocycles. The van der Waals surface area contributed by atoms with E-state index in [4.69, 9.17) is 14.6 Å². The molecule has 2 aromatic rings. The molecule has 0 saturated carbocycles. The Morgan fingerprint density at radius 2 is 1.20 bits per heavy atom. The van der Waals surface area contributed by atoms with Crippen molar-refractivity contribution in [2.24, 2.45) is 0 Å². The van der Waals surface area contributed by atoms with Crippen LogP contribution in [0.1, 0.15) is 70.9 Å². The summed E-state index contributed by atoms with van der Waals surface area (Å²) in [6.07, 6.45) is 4.60. The molecule has 0 atom stereocenters. The number of ether oxygens (including phenoxy) is 2. The largest absolute Gasteiger partial charge is 0.392 e. The molecule has 164 valence electrons. The van der Waals surface area contributed by atoms with E-state index in [9.17, 15) is 0 Å². The summed E-state index contributed by atoms with van der Waals surface area (Å²) in [6, 6.07) is 13.1. The summed E-state index contributed by atoms with van der Waals surface area (Å²) in [5.74, 6) is 1.36. The van der Waals surface area contributed by atoms with Crippen molar-refractivity contribution < 1.29 is 14.6 Å². The third-order valence-corrected chi connectivity index (χ3v) is 6.98. The van der Waals surface area contributed by atoms with E-state index >= 15 is 0 Å². The fourth-order valence-electron chi connectivity index (χ4n) is 4.59. The van der Waals surface area contributed by atoms with E-state index in [-0.39, 0.29) is 6.61 Å². The zero-order valence-corrected chi connectivity index (χ0v) is 19.9. The summed E-state index contributed by atoms with van der Waals surface area (Å²) < 4.78 is 10.8. The highest BCUT2D eigenvalue weighted by Gasteiger charge is 2.18. The number of aryl methyl sites for hydroxylation is 2. The monoisotopic (exact) mass is 474 g/mol. The van der Waals surface area contributed by atoms with Gasteiger partial charge in [-0.1, -0.05) is 52.3 Å². The maximum Gasteiger partial charge on any atom is 0.0681 e. The van der Waals surface area contributed by atoms with E-state index in [2.05, 4.69) is 60.1 Å². The molecule has 30 heavy (non-hydrogen) atoms. The minimum atomic E-state index is 0.134. The number of aliphatic hydroxyl groups is 1. The molecule has 4 rings (SSSR count). The molecule has 3 nitrogen and oxygen atoms in total. The fourth-order valence-corrected chi connectivity index (χ4v) is 4.94. The van der Waals surface area contributed by atoms with Crippen LogP contribution < -0.4 is 0 Å². The predicted octanol–water partition coefficient (Wildman–Crippen LogP) is 6.17. The van der Waals surface area contributed by atoms with Crippen molar-refractivity contribution in [2.45, 2.75) is 63.3 Å². The Kier molecular flexibility index (Phi) is 9.38. The second kappa shape index (κ2) is 12.0. The normalized spacial score (nSPS) is 18.0. The first-order valence-electron chi connectivity index (χ1n) is 11.1. The average Bonchev–Trinajstić information content (AvgIpc) is 2.80. The minimum Gasteiger partial charge on any atom is -0.392 e. The van der Waals surface area contributed by atoms with Gasteiger partial charge in [0.2, 0.25) is 0 Å². The Morgan fingerprint density at radius 1 is 0.767 bits per heavy atom. The van der Waals surface area contributed by atoms with Gasteiger partial charge in [-0.05, 0) is 84.7 Å². The number of alkyl halides is 1. The fraction of sp³-hybridized carbons (Fsp3) is 0.538. The molecular formula is C26H35BrO3. The lowest BCUT2D eigenvalue weighted by Gasteiger charge is -2.24. The maximum absolute atomic E-state index is 9.04. The summed E-state index contributed by atoms with van der Waals surface area (Å²) in [7, 11) is 0. The van der Waals surface area contributed by atoms with E-state index < -0.39 is 0 Å². The van der Waals surface area contributed by atoms with E-state index in [0.29, 0.717) is 11.8 Å². The number of hydrogen-bond acceptors (Lipinski definition) is 3. The molecule has 0 aromatic heterocycles. The Balaban J connectivity index is 0.000000171. The molecule has 2 heterocycles. The van der Waals surface area contributed by atoms with Crippen LogP contribution in [0, 0.1) is 13.8 Å². The van der Waals surface area contributed by atoms with Crippen LogP contribution in [0.2, 0.25) is 0 Å². The van der Waals surface area contributed by atoms with Gasteiger partial charge in [0.15, 0.2) is 0 Å². The van der Waals surface area contributed by atoms with Crippen LogP contribution in [0.4, 0.5) is 0 Å². The first-order chi connectivity index (χ1) is 14.6. The van der Waals surface area contributed by atoms with Crippen LogP contribution in [0.15, 0.2) is 36.4 Å². The minimum absolute atomic E-state index is 0.134. The van der Waals surface area contributed by atoms with Gasteiger partial charge >= 0.3 is 0 Å². The maximum atomic E-state index is 9.04. The molecule has 2 fully saturated rings.